The monoisotopic (exact) mass is 429 g/mol. The number of hydrogen-bond donors (Lipinski definition) is 2. The number of benzene rings is 2. The van der Waals surface area contributed by atoms with Crippen LogP contribution in [0, 0.1) is 5.41 Å². The Balaban J connectivity index is 1.39. The van der Waals surface area contributed by atoms with Crippen LogP contribution in [0.15, 0.2) is 53.6 Å². The SMILES string of the molecule is CN1C(c2ccc(O)cc2C(F)(F)F)=NNC1C12CCC(c3ccccc3)(CC1)CC2. The summed E-state index contributed by atoms with van der Waals surface area (Å²) < 4.78 is 40.8. The van der Waals surface area contributed by atoms with Crippen molar-refractivity contribution in [2.45, 2.75) is 56.3 Å². The molecule has 164 valence electrons. The molecule has 0 saturated heterocycles. The summed E-state index contributed by atoms with van der Waals surface area (Å²) in [4.78, 5) is 1.86. The van der Waals surface area contributed by atoms with Gasteiger partial charge in [0.25, 0.3) is 0 Å². The average molecular weight is 429 g/mol. The van der Waals surface area contributed by atoms with E-state index < -0.39 is 17.5 Å². The van der Waals surface area contributed by atoms with Crippen LogP contribution < -0.4 is 5.43 Å². The maximum atomic E-state index is 13.6. The first kappa shape index (κ1) is 20.2. The Morgan fingerprint density at radius 2 is 1.65 bits per heavy atom. The van der Waals surface area contributed by atoms with Gasteiger partial charge in [-0.25, -0.2) is 0 Å². The standard InChI is InChI=1S/C24H26F3N3O/c1-30-20(18-8-7-17(31)15-19(18)24(25,26)27)28-29-21(30)23-12-9-22(10-13-23,11-14-23)16-5-3-2-4-6-16/h2-8,15,21,29,31H,9-14H2,1H3. The van der Waals surface area contributed by atoms with Crippen molar-refractivity contribution < 1.29 is 18.3 Å². The maximum Gasteiger partial charge on any atom is 0.417 e. The summed E-state index contributed by atoms with van der Waals surface area (Å²) in [6.07, 6.45) is 1.63. The Labute approximate surface area is 179 Å². The molecule has 2 aromatic rings. The first-order valence-electron chi connectivity index (χ1n) is 10.8. The molecule has 0 radical (unpaired) electrons. The van der Waals surface area contributed by atoms with Gasteiger partial charge in [0.15, 0.2) is 5.84 Å². The lowest BCUT2D eigenvalue weighted by Gasteiger charge is -2.56. The van der Waals surface area contributed by atoms with Crippen molar-refractivity contribution in [1.82, 2.24) is 10.3 Å². The van der Waals surface area contributed by atoms with Crippen LogP contribution in [-0.2, 0) is 11.6 Å². The van der Waals surface area contributed by atoms with Gasteiger partial charge in [0.05, 0.1) is 5.56 Å². The first-order chi connectivity index (χ1) is 14.7. The largest absolute Gasteiger partial charge is 0.508 e. The molecule has 1 unspecified atom stereocenters. The van der Waals surface area contributed by atoms with Gasteiger partial charge in [0.2, 0.25) is 0 Å². The van der Waals surface area contributed by atoms with Crippen LogP contribution in [0.5, 0.6) is 5.75 Å². The number of phenolic OH excluding ortho intramolecular Hbond substituents is 1. The van der Waals surface area contributed by atoms with Crippen molar-refractivity contribution in [3.8, 4) is 5.75 Å². The van der Waals surface area contributed by atoms with E-state index in [0.29, 0.717) is 0 Å². The number of hydrogen-bond acceptors (Lipinski definition) is 4. The molecular formula is C24H26F3N3O. The summed E-state index contributed by atoms with van der Waals surface area (Å²) in [5.74, 6) is -0.130. The quantitative estimate of drug-likeness (QED) is 0.703. The van der Waals surface area contributed by atoms with Gasteiger partial charge in [-0.05, 0) is 67.7 Å². The van der Waals surface area contributed by atoms with Crippen molar-refractivity contribution in [2.75, 3.05) is 7.05 Å². The highest BCUT2D eigenvalue weighted by molar-refractivity contribution is 6.01. The lowest BCUT2D eigenvalue weighted by Crippen LogP contribution is -2.57. The normalized spacial score (nSPS) is 30.3. The topological polar surface area (TPSA) is 47.9 Å². The zero-order valence-electron chi connectivity index (χ0n) is 17.4. The van der Waals surface area contributed by atoms with Crippen molar-refractivity contribution in [3.05, 3.63) is 65.2 Å². The third-order valence-electron chi connectivity index (χ3n) is 7.83. The molecule has 3 fully saturated rings. The molecule has 2 aromatic carbocycles. The van der Waals surface area contributed by atoms with Gasteiger partial charge in [-0.2, -0.15) is 18.3 Å². The highest BCUT2D eigenvalue weighted by Crippen LogP contribution is 2.59. The number of halogens is 3. The Kier molecular flexibility index (Phi) is 4.50. The van der Waals surface area contributed by atoms with Crippen LogP contribution in [0.25, 0.3) is 0 Å². The zero-order chi connectivity index (χ0) is 21.9. The highest BCUT2D eigenvalue weighted by atomic mass is 19.4. The van der Waals surface area contributed by atoms with Crippen LogP contribution in [0.2, 0.25) is 0 Å². The third kappa shape index (κ3) is 3.17. The number of aromatic hydroxyl groups is 1. The van der Waals surface area contributed by atoms with Crippen molar-refractivity contribution in [1.29, 1.82) is 0 Å². The zero-order valence-corrected chi connectivity index (χ0v) is 17.4. The van der Waals surface area contributed by atoms with E-state index in [-0.39, 0.29) is 28.4 Å². The van der Waals surface area contributed by atoms with E-state index in [4.69, 9.17) is 0 Å². The molecule has 1 atom stereocenters. The highest BCUT2D eigenvalue weighted by Gasteiger charge is 2.55. The molecule has 4 aliphatic rings. The molecule has 1 aliphatic heterocycles. The minimum absolute atomic E-state index is 0.00809. The van der Waals surface area contributed by atoms with Crippen LogP contribution in [0.3, 0.4) is 0 Å². The van der Waals surface area contributed by atoms with Crippen LogP contribution >= 0.6 is 0 Å². The molecule has 1 heterocycles. The van der Waals surface area contributed by atoms with Crippen molar-refractivity contribution >= 4 is 5.84 Å². The van der Waals surface area contributed by atoms with Gasteiger partial charge >= 0.3 is 6.18 Å². The molecule has 0 aromatic heterocycles. The van der Waals surface area contributed by atoms with Crippen LogP contribution in [0.1, 0.15) is 55.2 Å². The van der Waals surface area contributed by atoms with E-state index in [1.54, 1.807) is 0 Å². The van der Waals surface area contributed by atoms with Gasteiger partial charge in [-0.3, -0.25) is 5.43 Å². The average Bonchev–Trinajstić information content (AvgIpc) is 3.17. The summed E-state index contributed by atoms with van der Waals surface area (Å²) in [6, 6.07) is 14.1. The Bertz CT molecular complexity index is 994. The molecule has 4 nitrogen and oxygen atoms in total. The lowest BCUT2D eigenvalue weighted by molar-refractivity contribution is -0.137. The van der Waals surface area contributed by atoms with Crippen LogP contribution in [-0.4, -0.2) is 29.1 Å². The molecule has 6 rings (SSSR count). The Hall–Kier alpha value is -2.70. The summed E-state index contributed by atoms with van der Waals surface area (Å²) in [5.41, 5.74) is 3.92. The number of phenols is 1. The summed E-state index contributed by atoms with van der Waals surface area (Å²) in [5, 5.41) is 13.9. The molecule has 0 amide bonds. The van der Waals surface area contributed by atoms with Gasteiger partial charge in [0.1, 0.15) is 11.9 Å². The maximum absolute atomic E-state index is 13.6. The summed E-state index contributed by atoms with van der Waals surface area (Å²) in [6.45, 7) is 0. The van der Waals surface area contributed by atoms with Crippen molar-refractivity contribution in [3.63, 3.8) is 0 Å². The number of nitrogens with one attached hydrogen (secondary N) is 1. The lowest BCUT2D eigenvalue weighted by atomic mass is 9.51. The predicted molar refractivity (Wildman–Crippen MR) is 113 cm³/mol. The second kappa shape index (κ2) is 6.90. The fraction of sp³-hybridized carbons (Fsp3) is 0.458. The van der Waals surface area contributed by atoms with Crippen LogP contribution in [0.4, 0.5) is 13.2 Å². The third-order valence-corrected chi connectivity index (χ3v) is 7.83. The van der Waals surface area contributed by atoms with Crippen molar-refractivity contribution in [2.24, 2.45) is 10.5 Å². The molecule has 2 bridgehead atoms. The number of alkyl halides is 3. The number of nitrogens with zero attached hydrogens (tertiary/aromatic N) is 2. The van der Waals surface area contributed by atoms with E-state index >= 15 is 0 Å². The first-order valence-corrected chi connectivity index (χ1v) is 10.8. The van der Waals surface area contributed by atoms with E-state index in [2.05, 4.69) is 34.8 Å². The molecular weight excluding hydrogens is 403 g/mol. The molecule has 3 saturated carbocycles. The Morgan fingerprint density at radius 1 is 1.00 bits per heavy atom. The summed E-state index contributed by atoms with van der Waals surface area (Å²) in [7, 11) is 1.82. The Morgan fingerprint density at radius 3 is 2.26 bits per heavy atom. The minimum Gasteiger partial charge on any atom is -0.508 e. The summed E-state index contributed by atoms with van der Waals surface area (Å²) >= 11 is 0. The molecule has 2 N–H and O–H groups in total. The van der Waals surface area contributed by atoms with E-state index in [0.717, 1.165) is 44.6 Å². The van der Waals surface area contributed by atoms with Gasteiger partial charge in [0, 0.05) is 18.0 Å². The second-order valence-electron chi connectivity index (χ2n) is 9.31. The molecule has 0 spiro atoms. The molecule has 31 heavy (non-hydrogen) atoms. The van der Waals surface area contributed by atoms with Gasteiger partial charge in [-0.15, -0.1) is 0 Å². The predicted octanol–water partition coefficient (Wildman–Crippen LogP) is 5.23. The fourth-order valence-electron chi connectivity index (χ4n) is 6.02. The van der Waals surface area contributed by atoms with Gasteiger partial charge < -0.3 is 10.0 Å². The molecule has 3 aliphatic carbocycles. The molecule has 7 heteroatoms. The van der Waals surface area contributed by atoms with Gasteiger partial charge in [-0.1, -0.05) is 30.3 Å². The minimum atomic E-state index is -4.57. The fourth-order valence-corrected chi connectivity index (χ4v) is 6.02. The number of amidine groups is 1. The number of hydrazone groups is 1. The van der Waals surface area contributed by atoms with E-state index in [9.17, 15) is 18.3 Å². The van der Waals surface area contributed by atoms with E-state index in [1.807, 2.05) is 18.0 Å². The number of fused-ring (bicyclic) bond motifs is 3. The smallest absolute Gasteiger partial charge is 0.417 e. The number of rotatable bonds is 3. The van der Waals surface area contributed by atoms with E-state index in [1.165, 1.54) is 17.7 Å². The second-order valence-corrected chi connectivity index (χ2v) is 9.31.